The number of likely N-dealkylation sites (tertiary alicyclic amines) is 1. The molecule has 4 rings (SSSR count). The van der Waals surface area contributed by atoms with Crippen LogP contribution in [0, 0.1) is 5.92 Å². The summed E-state index contributed by atoms with van der Waals surface area (Å²) in [5.41, 5.74) is 3.03. The van der Waals surface area contributed by atoms with Crippen molar-refractivity contribution in [1.29, 1.82) is 0 Å². The third-order valence-corrected chi connectivity index (χ3v) is 6.42. The molecule has 1 amide bonds. The van der Waals surface area contributed by atoms with Crippen LogP contribution >= 0.6 is 11.6 Å². The Morgan fingerprint density at radius 2 is 1.66 bits per heavy atom. The largest absolute Gasteiger partial charge is 0.496 e. The lowest BCUT2D eigenvalue weighted by molar-refractivity contribution is -0.142. The summed E-state index contributed by atoms with van der Waals surface area (Å²) in [5.74, 6) is -0.792. The fraction of sp³-hybridized carbons (Fsp3) is 0.231. The molecule has 32 heavy (non-hydrogen) atoms. The number of carboxylic acids is 1. The highest BCUT2D eigenvalue weighted by Gasteiger charge is 2.47. The standard InChI is InChI=1S/C26H24ClNO4/c1-16-15-22(20-8-3-5-9-21(20)27)28(24(16)26(30)31)25(29)18-13-11-17(12-14-18)19-7-4-6-10-23(19)32-2/h3-14,16,22,24H,15H2,1-2H3,(H,30,31)/t16?,22?,24-/m0/s1. The SMILES string of the molecule is COc1ccccc1-c1ccc(C(=O)N2C(c3ccccc3Cl)CC(C)[C@H]2C(=O)O)cc1. The van der Waals surface area contributed by atoms with Crippen LogP contribution in [-0.2, 0) is 4.79 Å². The van der Waals surface area contributed by atoms with Gasteiger partial charge in [-0.2, -0.15) is 0 Å². The molecule has 5 nitrogen and oxygen atoms in total. The van der Waals surface area contributed by atoms with Crippen molar-refractivity contribution in [3.63, 3.8) is 0 Å². The maximum atomic E-state index is 13.6. The molecular formula is C26H24ClNO4. The second-order valence-corrected chi connectivity index (χ2v) is 8.43. The first kappa shape index (κ1) is 21.9. The van der Waals surface area contributed by atoms with E-state index in [-0.39, 0.29) is 11.8 Å². The molecule has 3 aromatic rings. The molecule has 1 heterocycles. The molecule has 0 aromatic heterocycles. The van der Waals surface area contributed by atoms with E-state index in [1.807, 2.05) is 61.5 Å². The smallest absolute Gasteiger partial charge is 0.326 e. The molecule has 1 saturated heterocycles. The van der Waals surface area contributed by atoms with Crippen molar-refractivity contribution in [2.45, 2.75) is 25.4 Å². The molecule has 1 fully saturated rings. The minimum Gasteiger partial charge on any atom is -0.496 e. The van der Waals surface area contributed by atoms with Gasteiger partial charge in [0, 0.05) is 16.1 Å². The average Bonchev–Trinajstić information content (AvgIpc) is 3.16. The van der Waals surface area contributed by atoms with Crippen LogP contribution in [0.5, 0.6) is 5.75 Å². The predicted octanol–water partition coefficient (Wildman–Crippen LogP) is 5.69. The van der Waals surface area contributed by atoms with Gasteiger partial charge in [0.25, 0.3) is 5.91 Å². The molecule has 0 aliphatic carbocycles. The normalized spacial score (nSPS) is 20.2. The summed E-state index contributed by atoms with van der Waals surface area (Å²) in [6.07, 6.45) is 0.533. The number of nitrogens with zero attached hydrogens (tertiary/aromatic N) is 1. The molecule has 0 saturated carbocycles. The zero-order valence-corrected chi connectivity index (χ0v) is 18.6. The van der Waals surface area contributed by atoms with Crippen molar-refractivity contribution in [2.75, 3.05) is 7.11 Å². The summed E-state index contributed by atoms with van der Waals surface area (Å²) in [7, 11) is 1.62. The molecule has 3 atom stereocenters. The maximum absolute atomic E-state index is 13.6. The summed E-state index contributed by atoms with van der Waals surface area (Å²) < 4.78 is 5.43. The number of aliphatic carboxylic acids is 1. The number of para-hydroxylation sites is 1. The van der Waals surface area contributed by atoms with Gasteiger partial charge in [-0.05, 0) is 47.7 Å². The third kappa shape index (κ3) is 3.96. The van der Waals surface area contributed by atoms with E-state index in [9.17, 15) is 14.7 Å². The lowest BCUT2D eigenvalue weighted by Crippen LogP contribution is -2.43. The lowest BCUT2D eigenvalue weighted by Gasteiger charge is -2.30. The molecule has 0 bridgehead atoms. The summed E-state index contributed by atoms with van der Waals surface area (Å²) in [6.45, 7) is 1.86. The van der Waals surface area contributed by atoms with Crippen molar-refractivity contribution < 1.29 is 19.4 Å². The van der Waals surface area contributed by atoms with Gasteiger partial charge in [0.15, 0.2) is 0 Å². The molecule has 3 aromatic carbocycles. The minimum absolute atomic E-state index is 0.203. The molecule has 2 unspecified atom stereocenters. The van der Waals surface area contributed by atoms with Gasteiger partial charge in [-0.1, -0.05) is 67.1 Å². The highest BCUT2D eigenvalue weighted by Crippen LogP contribution is 2.43. The van der Waals surface area contributed by atoms with Gasteiger partial charge in [-0.15, -0.1) is 0 Å². The fourth-order valence-corrected chi connectivity index (χ4v) is 4.80. The average molecular weight is 450 g/mol. The van der Waals surface area contributed by atoms with E-state index in [0.29, 0.717) is 17.0 Å². The second kappa shape index (κ2) is 9.05. The maximum Gasteiger partial charge on any atom is 0.326 e. The Kier molecular flexibility index (Phi) is 6.19. The number of hydrogen-bond donors (Lipinski definition) is 1. The monoisotopic (exact) mass is 449 g/mol. The van der Waals surface area contributed by atoms with Gasteiger partial charge in [0.2, 0.25) is 0 Å². The number of amides is 1. The topological polar surface area (TPSA) is 66.8 Å². The van der Waals surface area contributed by atoms with Gasteiger partial charge in [0.1, 0.15) is 11.8 Å². The quantitative estimate of drug-likeness (QED) is 0.543. The number of rotatable bonds is 5. The minimum atomic E-state index is -1.01. The van der Waals surface area contributed by atoms with E-state index < -0.39 is 18.1 Å². The summed E-state index contributed by atoms with van der Waals surface area (Å²) in [6, 6.07) is 20.8. The van der Waals surface area contributed by atoms with Crippen molar-refractivity contribution >= 4 is 23.5 Å². The van der Waals surface area contributed by atoms with Crippen molar-refractivity contribution in [2.24, 2.45) is 5.92 Å². The lowest BCUT2D eigenvalue weighted by atomic mass is 9.98. The Hall–Kier alpha value is -3.31. The molecular weight excluding hydrogens is 426 g/mol. The first-order chi connectivity index (χ1) is 15.4. The number of carbonyl (C=O) groups excluding carboxylic acids is 1. The van der Waals surface area contributed by atoms with Crippen LogP contribution in [0.2, 0.25) is 5.02 Å². The zero-order valence-electron chi connectivity index (χ0n) is 17.9. The Balaban J connectivity index is 1.70. The van der Waals surface area contributed by atoms with Gasteiger partial charge in [-0.3, -0.25) is 4.79 Å². The van der Waals surface area contributed by atoms with Gasteiger partial charge >= 0.3 is 5.97 Å². The summed E-state index contributed by atoms with van der Waals surface area (Å²) >= 11 is 6.42. The number of benzene rings is 3. The summed E-state index contributed by atoms with van der Waals surface area (Å²) in [5, 5.41) is 10.4. The van der Waals surface area contributed by atoms with Crippen molar-refractivity contribution in [3.8, 4) is 16.9 Å². The Morgan fingerprint density at radius 3 is 2.31 bits per heavy atom. The van der Waals surface area contributed by atoms with Crippen LogP contribution in [0.4, 0.5) is 0 Å². The van der Waals surface area contributed by atoms with Crippen LogP contribution in [0.1, 0.15) is 35.3 Å². The van der Waals surface area contributed by atoms with Crippen LogP contribution in [-0.4, -0.2) is 35.0 Å². The van der Waals surface area contributed by atoms with Gasteiger partial charge < -0.3 is 14.7 Å². The van der Waals surface area contributed by atoms with E-state index >= 15 is 0 Å². The van der Waals surface area contributed by atoms with Crippen LogP contribution in [0.3, 0.4) is 0 Å². The van der Waals surface area contributed by atoms with E-state index in [1.165, 1.54) is 4.90 Å². The van der Waals surface area contributed by atoms with E-state index in [4.69, 9.17) is 16.3 Å². The van der Waals surface area contributed by atoms with E-state index in [2.05, 4.69) is 0 Å². The first-order valence-electron chi connectivity index (χ1n) is 10.5. The van der Waals surface area contributed by atoms with Gasteiger partial charge in [0.05, 0.1) is 13.2 Å². The molecule has 1 N–H and O–H groups in total. The van der Waals surface area contributed by atoms with E-state index in [1.54, 1.807) is 25.3 Å². The first-order valence-corrected chi connectivity index (χ1v) is 10.8. The van der Waals surface area contributed by atoms with Crippen molar-refractivity contribution in [1.82, 2.24) is 4.90 Å². The Morgan fingerprint density at radius 1 is 1.00 bits per heavy atom. The number of hydrogen-bond acceptors (Lipinski definition) is 3. The van der Waals surface area contributed by atoms with Crippen LogP contribution < -0.4 is 4.74 Å². The molecule has 1 aliphatic rings. The second-order valence-electron chi connectivity index (χ2n) is 8.02. The Labute approximate surface area is 192 Å². The fourth-order valence-electron chi connectivity index (χ4n) is 4.54. The zero-order chi connectivity index (χ0) is 22.8. The molecule has 1 aliphatic heterocycles. The highest BCUT2D eigenvalue weighted by molar-refractivity contribution is 6.31. The van der Waals surface area contributed by atoms with Crippen molar-refractivity contribution in [3.05, 3.63) is 88.9 Å². The molecule has 0 radical (unpaired) electrons. The highest BCUT2D eigenvalue weighted by atomic mass is 35.5. The molecule has 6 heteroatoms. The van der Waals surface area contributed by atoms with Gasteiger partial charge in [-0.25, -0.2) is 4.79 Å². The van der Waals surface area contributed by atoms with Crippen LogP contribution in [0.15, 0.2) is 72.8 Å². The number of ether oxygens (including phenoxy) is 1. The number of carbonyl (C=O) groups is 2. The molecule has 164 valence electrons. The predicted molar refractivity (Wildman–Crippen MR) is 124 cm³/mol. The molecule has 0 spiro atoms. The third-order valence-electron chi connectivity index (χ3n) is 6.07. The Bertz CT molecular complexity index is 1140. The number of carboxylic acid groups (broad SMARTS) is 1. The van der Waals surface area contributed by atoms with Crippen LogP contribution in [0.25, 0.3) is 11.1 Å². The number of halogens is 1. The number of methoxy groups -OCH3 is 1. The van der Waals surface area contributed by atoms with E-state index in [0.717, 1.165) is 22.4 Å². The summed E-state index contributed by atoms with van der Waals surface area (Å²) in [4.78, 5) is 27.1.